The Morgan fingerprint density at radius 3 is 2.00 bits per heavy atom. The third kappa shape index (κ3) is 2.75. The lowest BCUT2D eigenvalue weighted by atomic mass is 10.0. The average molecular weight is 291 g/mol. The van der Waals surface area contributed by atoms with Crippen molar-refractivity contribution in [3.8, 4) is 10.8 Å². The van der Waals surface area contributed by atoms with E-state index in [2.05, 4.69) is 22.4 Å². The van der Waals surface area contributed by atoms with Crippen molar-refractivity contribution < 1.29 is 0 Å². The molecule has 0 amide bonds. The average Bonchev–Trinajstić information content (AvgIpc) is 2.36. The van der Waals surface area contributed by atoms with Crippen molar-refractivity contribution in [3.63, 3.8) is 0 Å². The molecule has 0 spiro atoms. The minimum absolute atomic E-state index is 0.636. The van der Waals surface area contributed by atoms with Crippen LogP contribution in [-0.4, -0.2) is 5.16 Å². The van der Waals surface area contributed by atoms with E-state index in [4.69, 9.17) is 10.5 Å². The first-order valence-electron chi connectivity index (χ1n) is 4.92. The zero-order chi connectivity index (χ0) is 13.7. The second-order valence-corrected chi connectivity index (χ2v) is 5.24. The lowest BCUT2D eigenvalue weighted by Crippen LogP contribution is -1.94. The predicted molar refractivity (Wildman–Crippen MR) is 78.3 cm³/mol. The van der Waals surface area contributed by atoms with Gasteiger partial charge in [-0.05, 0) is 73.2 Å². The second-order valence-electron chi connectivity index (χ2n) is 3.47. The van der Waals surface area contributed by atoms with Crippen LogP contribution in [0.1, 0.15) is 16.7 Å². The van der Waals surface area contributed by atoms with E-state index in [1.807, 2.05) is 31.6 Å². The molecular formula is C12H9N3S3. The molecule has 3 nitrogen and oxygen atoms in total. The maximum absolute atomic E-state index is 8.89. The smallest absolute Gasteiger partial charge is 0.138 e. The lowest BCUT2D eigenvalue weighted by Gasteiger charge is -2.15. The molecule has 0 bridgehead atoms. The van der Waals surface area contributed by atoms with Gasteiger partial charge in [-0.2, -0.15) is 15.5 Å². The van der Waals surface area contributed by atoms with E-state index in [0.717, 1.165) is 45.1 Å². The van der Waals surface area contributed by atoms with Crippen molar-refractivity contribution in [2.24, 2.45) is 4.99 Å². The van der Waals surface area contributed by atoms with Gasteiger partial charge in [-0.1, -0.05) is 0 Å². The van der Waals surface area contributed by atoms with Crippen molar-refractivity contribution in [3.05, 3.63) is 16.7 Å². The Labute approximate surface area is 120 Å². The number of benzene rings is 1. The summed E-state index contributed by atoms with van der Waals surface area (Å²) >= 11 is 6.68. The SMILES string of the molecule is Cc1c(C)c(N=C=S)c(SC#N)c(SC#N)c1C. The van der Waals surface area contributed by atoms with Gasteiger partial charge in [0.15, 0.2) is 0 Å². The van der Waals surface area contributed by atoms with Crippen molar-refractivity contribution in [2.45, 2.75) is 30.6 Å². The van der Waals surface area contributed by atoms with Crippen LogP contribution in [0.5, 0.6) is 0 Å². The van der Waals surface area contributed by atoms with E-state index in [9.17, 15) is 0 Å². The Morgan fingerprint density at radius 1 is 0.944 bits per heavy atom. The Morgan fingerprint density at radius 2 is 1.50 bits per heavy atom. The molecule has 0 aromatic heterocycles. The number of isothiocyanates is 1. The third-order valence-corrected chi connectivity index (χ3v) is 4.41. The summed E-state index contributed by atoms with van der Waals surface area (Å²) in [4.78, 5) is 5.50. The molecule has 0 aliphatic carbocycles. The molecule has 1 rings (SSSR count). The molecule has 90 valence electrons. The number of nitriles is 2. The van der Waals surface area contributed by atoms with Gasteiger partial charge in [0.2, 0.25) is 0 Å². The molecule has 6 heteroatoms. The standard InChI is InChI=1S/C12H9N3S3/c1-7-8(2)10(15-6-16)12(18-5-14)11(9(7)3)17-4-13/h1-3H3. The number of rotatable bonds is 3. The lowest BCUT2D eigenvalue weighted by molar-refractivity contribution is 1.09. The topological polar surface area (TPSA) is 59.9 Å². The summed E-state index contributed by atoms with van der Waals surface area (Å²) in [5.74, 6) is 0. The zero-order valence-corrected chi connectivity index (χ0v) is 12.5. The molecule has 0 saturated carbocycles. The van der Waals surface area contributed by atoms with Crippen LogP contribution < -0.4 is 0 Å². The minimum atomic E-state index is 0.636. The summed E-state index contributed by atoms with van der Waals surface area (Å²) in [6.07, 6.45) is 0. The first kappa shape index (κ1) is 14.8. The molecule has 0 radical (unpaired) electrons. The second kappa shape index (κ2) is 6.58. The summed E-state index contributed by atoms with van der Waals surface area (Å²) < 4.78 is 0. The molecule has 1 aromatic carbocycles. The Hall–Kier alpha value is -1.30. The van der Waals surface area contributed by atoms with Gasteiger partial charge in [-0.15, -0.1) is 0 Å². The van der Waals surface area contributed by atoms with Crippen LogP contribution in [0.2, 0.25) is 0 Å². The summed E-state index contributed by atoms with van der Waals surface area (Å²) in [6, 6.07) is 0. The molecule has 18 heavy (non-hydrogen) atoms. The van der Waals surface area contributed by atoms with Gasteiger partial charge >= 0.3 is 0 Å². The summed E-state index contributed by atoms with van der Waals surface area (Å²) in [6.45, 7) is 5.83. The first-order chi connectivity index (χ1) is 8.58. The van der Waals surface area contributed by atoms with Crippen LogP contribution >= 0.6 is 35.7 Å². The normalized spacial score (nSPS) is 9.17. The van der Waals surface area contributed by atoms with Crippen LogP contribution in [-0.2, 0) is 0 Å². The van der Waals surface area contributed by atoms with Crippen molar-refractivity contribution in [1.29, 1.82) is 10.5 Å². The fourth-order valence-electron chi connectivity index (χ4n) is 1.57. The minimum Gasteiger partial charge on any atom is -0.193 e. The highest BCUT2D eigenvalue weighted by molar-refractivity contribution is 8.06. The van der Waals surface area contributed by atoms with Gasteiger partial charge in [0.25, 0.3) is 0 Å². The van der Waals surface area contributed by atoms with Gasteiger partial charge < -0.3 is 0 Å². The molecule has 0 heterocycles. The Kier molecular flexibility index (Phi) is 5.40. The fourth-order valence-corrected chi connectivity index (χ4v) is 3.13. The number of hydrogen-bond donors (Lipinski definition) is 0. The van der Waals surface area contributed by atoms with Gasteiger partial charge in [0, 0.05) is 4.90 Å². The number of aliphatic imine (C=N–C) groups is 1. The number of hydrogen-bond acceptors (Lipinski definition) is 6. The molecule has 0 unspecified atom stereocenters. The van der Waals surface area contributed by atoms with Crippen LogP contribution in [0.25, 0.3) is 0 Å². The molecule has 0 atom stereocenters. The predicted octanol–water partition coefficient (Wildman–Crippen LogP) is 4.49. The van der Waals surface area contributed by atoms with Crippen LogP contribution in [0.4, 0.5) is 5.69 Å². The summed E-state index contributed by atoms with van der Waals surface area (Å²) in [7, 11) is 0. The quantitative estimate of drug-likeness (QED) is 0.355. The highest BCUT2D eigenvalue weighted by atomic mass is 32.2. The van der Waals surface area contributed by atoms with E-state index in [0.29, 0.717) is 10.6 Å². The first-order valence-corrected chi connectivity index (χ1v) is 6.96. The molecule has 0 saturated heterocycles. The maximum atomic E-state index is 8.89. The van der Waals surface area contributed by atoms with E-state index in [-0.39, 0.29) is 0 Å². The largest absolute Gasteiger partial charge is 0.193 e. The summed E-state index contributed by atoms with van der Waals surface area (Å²) in [5, 5.41) is 24.2. The number of nitrogens with zero attached hydrogens (tertiary/aromatic N) is 3. The van der Waals surface area contributed by atoms with Crippen molar-refractivity contribution in [1.82, 2.24) is 0 Å². The Bertz CT molecular complexity index is 617. The Balaban J connectivity index is 3.75. The molecule has 0 N–H and O–H groups in total. The van der Waals surface area contributed by atoms with Crippen LogP contribution in [0.15, 0.2) is 14.8 Å². The fraction of sp³-hybridized carbons (Fsp3) is 0.250. The third-order valence-electron chi connectivity index (χ3n) is 2.69. The van der Waals surface area contributed by atoms with Gasteiger partial charge in [-0.3, -0.25) is 0 Å². The zero-order valence-electron chi connectivity index (χ0n) is 10.1. The van der Waals surface area contributed by atoms with E-state index in [1.165, 1.54) is 0 Å². The molecular weight excluding hydrogens is 282 g/mol. The molecule has 0 aliphatic heterocycles. The van der Waals surface area contributed by atoms with Crippen molar-refractivity contribution >= 4 is 46.6 Å². The molecule has 0 fully saturated rings. The van der Waals surface area contributed by atoms with Crippen molar-refractivity contribution in [2.75, 3.05) is 0 Å². The van der Waals surface area contributed by atoms with Crippen LogP contribution in [0, 0.1) is 42.1 Å². The maximum Gasteiger partial charge on any atom is 0.138 e. The number of thiocarbonyl (C=S) groups is 1. The molecule has 0 aliphatic rings. The van der Waals surface area contributed by atoms with E-state index in [1.54, 1.807) is 0 Å². The van der Waals surface area contributed by atoms with E-state index < -0.39 is 0 Å². The van der Waals surface area contributed by atoms with Gasteiger partial charge in [-0.25, -0.2) is 0 Å². The monoisotopic (exact) mass is 291 g/mol. The molecule has 1 aromatic rings. The highest BCUT2D eigenvalue weighted by Gasteiger charge is 2.18. The van der Waals surface area contributed by atoms with Gasteiger partial charge in [0.1, 0.15) is 10.8 Å². The number of thioether (sulfide) groups is 2. The summed E-state index contributed by atoms with van der Waals surface area (Å²) in [5.41, 5.74) is 3.65. The van der Waals surface area contributed by atoms with E-state index >= 15 is 0 Å². The van der Waals surface area contributed by atoms with Crippen LogP contribution in [0.3, 0.4) is 0 Å². The number of thiocyanates is 2. The highest BCUT2D eigenvalue weighted by Crippen LogP contribution is 2.43. The van der Waals surface area contributed by atoms with Gasteiger partial charge in [0.05, 0.1) is 15.7 Å².